The summed E-state index contributed by atoms with van der Waals surface area (Å²) >= 11 is 3.40. The minimum atomic E-state index is -0.303. The molecule has 2 heterocycles. The van der Waals surface area contributed by atoms with Gasteiger partial charge in [0.1, 0.15) is 11.5 Å². The van der Waals surface area contributed by atoms with Crippen molar-refractivity contribution in [3.8, 4) is 11.5 Å². The fourth-order valence-electron chi connectivity index (χ4n) is 3.69. The molecule has 4 rings (SSSR count). The number of aromatic hydroxyl groups is 1. The fraction of sp³-hybridized carbons (Fsp3) is 0.304. The molecule has 0 aliphatic carbocycles. The van der Waals surface area contributed by atoms with Gasteiger partial charge < -0.3 is 19.5 Å². The number of ketones is 1. The summed E-state index contributed by atoms with van der Waals surface area (Å²) in [6.45, 7) is 4.92. The zero-order valence-corrected chi connectivity index (χ0v) is 18.7. The van der Waals surface area contributed by atoms with Gasteiger partial charge in [-0.05, 0) is 42.8 Å². The normalized spacial score (nSPS) is 17.5. The van der Waals surface area contributed by atoms with Crippen molar-refractivity contribution in [1.29, 1.82) is 0 Å². The smallest absolute Gasteiger partial charge is 0.409 e. The van der Waals surface area contributed by atoms with Crippen LogP contribution in [0.4, 0.5) is 4.79 Å². The molecule has 1 saturated heterocycles. The van der Waals surface area contributed by atoms with E-state index in [-0.39, 0.29) is 23.4 Å². The number of phenols is 1. The van der Waals surface area contributed by atoms with Crippen molar-refractivity contribution in [3.63, 3.8) is 0 Å². The molecular formula is C23H23BrN2O5. The lowest BCUT2D eigenvalue weighted by molar-refractivity contribution is 0.0774. The van der Waals surface area contributed by atoms with Crippen LogP contribution in [0, 0.1) is 0 Å². The van der Waals surface area contributed by atoms with Crippen LogP contribution < -0.4 is 4.74 Å². The maximum atomic E-state index is 12.8. The molecule has 0 saturated carbocycles. The highest BCUT2D eigenvalue weighted by Crippen LogP contribution is 2.40. The maximum absolute atomic E-state index is 12.8. The Bertz CT molecular complexity index is 1030. The molecule has 7 nitrogen and oxygen atoms in total. The van der Waals surface area contributed by atoms with Crippen LogP contribution in [0.15, 0.2) is 46.6 Å². The van der Waals surface area contributed by atoms with E-state index in [4.69, 9.17) is 9.47 Å². The first-order valence-corrected chi connectivity index (χ1v) is 10.9. The zero-order chi connectivity index (χ0) is 22.0. The van der Waals surface area contributed by atoms with Gasteiger partial charge in [0, 0.05) is 37.2 Å². The number of hydrogen-bond donors (Lipinski definition) is 1. The molecule has 0 aromatic heterocycles. The first-order chi connectivity index (χ1) is 15.0. The predicted octanol–water partition coefficient (Wildman–Crippen LogP) is 4.05. The van der Waals surface area contributed by atoms with Crippen molar-refractivity contribution in [2.45, 2.75) is 13.5 Å². The number of ether oxygens (including phenoxy) is 2. The monoisotopic (exact) mass is 486 g/mol. The highest BCUT2D eigenvalue weighted by Gasteiger charge is 2.32. The minimum absolute atomic E-state index is 0.0873. The van der Waals surface area contributed by atoms with Crippen LogP contribution in [0.3, 0.4) is 0 Å². The molecule has 0 bridgehead atoms. The van der Waals surface area contributed by atoms with E-state index < -0.39 is 0 Å². The topological polar surface area (TPSA) is 79.3 Å². The third-order valence-corrected chi connectivity index (χ3v) is 5.89. The van der Waals surface area contributed by atoms with Crippen LogP contribution in [0.25, 0.3) is 6.08 Å². The molecule has 0 unspecified atom stereocenters. The van der Waals surface area contributed by atoms with Crippen molar-refractivity contribution in [3.05, 3.63) is 63.3 Å². The van der Waals surface area contributed by atoms with Crippen LogP contribution in [-0.2, 0) is 11.3 Å². The largest absolute Gasteiger partial charge is 0.507 e. The van der Waals surface area contributed by atoms with E-state index in [9.17, 15) is 14.7 Å². The number of nitrogens with zero attached hydrogens (tertiary/aromatic N) is 2. The van der Waals surface area contributed by atoms with Crippen LogP contribution in [0.5, 0.6) is 11.5 Å². The third kappa shape index (κ3) is 4.60. The molecule has 1 fully saturated rings. The number of piperazine rings is 1. The number of carbonyl (C=O) groups is 2. The van der Waals surface area contributed by atoms with Gasteiger partial charge >= 0.3 is 6.09 Å². The van der Waals surface area contributed by atoms with Gasteiger partial charge in [-0.3, -0.25) is 9.69 Å². The first-order valence-electron chi connectivity index (χ1n) is 10.1. The van der Waals surface area contributed by atoms with E-state index in [2.05, 4.69) is 20.8 Å². The zero-order valence-electron chi connectivity index (χ0n) is 17.1. The summed E-state index contributed by atoms with van der Waals surface area (Å²) in [5, 5.41) is 10.5. The Morgan fingerprint density at radius 2 is 1.87 bits per heavy atom. The Balaban J connectivity index is 1.50. The molecule has 1 amide bonds. The number of benzene rings is 2. The van der Waals surface area contributed by atoms with Crippen molar-refractivity contribution in [2.75, 3.05) is 32.8 Å². The fourth-order valence-corrected chi connectivity index (χ4v) is 3.95. The summed E-state index contributed by atoms with van der Waals surface area (Å²) in [5.74, 6) is 0.521. The van der Waals surface area contributed by atoms with E-state index in [0.29, 0.717) is 56.2 Å². The van der Waals surface area contributed by atoms with E-state index in [1.54, 1.807) is 24.0 Å². The van der Waals surface area contributed by atoms with Gasteiger partial charge in [0.2, 0.25) is 5.78 Å². The number of carbonyl (C=O) groups excluding carboxylic acids is 2. The van der Waals surface area contributed by atoms with Gasteiger partial charge in [0.25, 0.3) is 0 Å². The summed E-state index contributed by atoms with van der Waals surface area (Å²) in [6.07, 6.45) is 1.40. The van der Waals surface area contributed by atoms with Crippen molar-refractivity contribution in [1.82, 2.24) is 9.80 Å². The van der Waals surface area contributed by atoms with Crippen molar-refractivity contribution < 1.29 is 24.2 Å². The molecule has 2 aliphatic heterocycles. The lowest BCUT2D eigenvalue weighted by atomic mass is 10.0. The number of hydrogen-bond acceptors (Lipinski definition) is 6. The van der Waals surface area contributed by atoms with Gasteiger partial charge in [0.05, 0.1) is 17.7 Å². The Kier molecular flexibility index (Phi) is 6.29. The SMILES string of the molecule is CCOC(=O)N1CCN(Cc2c(O)ccc3c2O/C(=C\c2ccc(Br)cc2)C3=O)CC1. The lowest BCUT2D eigenvalue weighted by Gasteiger charge is -2.34. The summed E-state index contributed by atoms with van der Waals surface area (Å²) in [7, 11) is 0. The summed E-state index contributed by atoms with van der Waals surface area (Å²) in [6, 6.07) is 10.7. The van der Waals surface area contributed by atoms with Crippen molar-refractivity contribution in [2.24, 2.45) is 0 Å². The number of fused-ring (bicyclic) bond motifs is 1. The highest BCUT2D eigenvalue weighted by molar-refractivity contribution is 9.10. The Hall–Kier alpha value is -2.84. The number of halogens is 1. The predicted molar refractivity (Wildman–Crippen MR) is 119 cm³/mol. The van der Waals surface area contributed by atoms with E-state index in [1.807, 2.05) is 24.3 Å². The molecule has 0 atom stereocenters. The average molecular weight is 487 g/mol. The molecular weight excluding hydrogens is 464 g/mol. The first kappa shape index (κ1) is 21.4. The summed E-state index contributed by atoms with van der Waals surface area (Å²) in [4.78, 5) is 28.5. The standard InChI is InChI=1S/C23H23BrN2O5/c1-2-30-23(29)26-11-9-25(10-12-26)14-18-19(27)8-7-17-21(28)20(31-22(17)18)13-15-3-5-16(24)6-4-15/h3-8,13,27H,2,9-12,14H2,1H3/b20-13-. The molecule has 0 radical (unpaired) electrons. The minimum Gasteiger partial charge on any atom is -0.507 e. The molecule has 2 aromatic rings. The second-order valence-electron chi connectivity index (χ2n) is 7.39. The second kappa shape index (κ2) is 9.11. The van der Waals surface area contributed by atoms with Gasteiger partial charge in [-0.2, -0.15) is 0 Å². The summed E-state index contributed by atoms with van der Waals surface area (Å²) < 4.78 is 11.9. The van der Waals surface area contributed by atoms with Crippen LogP contribution in [0.2, 0.25) is 0 Å². The molecule has 2 aliphatic rings. The van der Waals surface area contributed by atoms with E-state index >= 15 is 0 Å². The number of amides is 1. The lowest BCUT2D eigenvalue weighted by Crippen LogP contribution is -2.48. The highest BCUT2D eigenvalue weighted by atomic mass is 79.9. The van der Waals surface area contributed by atoms with E-state index in [0.717, 1.165) is 10.0 Å². The Morgan fingerprint density at radius 1 is 1.16 bits per heavy atom. The van der Waals surface area contributed by atoms with Gasteiger partial charge in [-0.25, -0.2) is 4.79 Å². The second-order valence-corrected chi connectivity index (χ2v) is 8.31. The van der Waals surface area contributed by atoms with Crippen molar-refractivity contribution >= 4 is 33.9 Å². The van der Waals surface area contributed by atoms with Crippen LogP contribution in [-0.4, -0.2) is 59.6 Å². The Labute approximate surface area is 189 Å². The van der Waals surface area contributed by atoms with Crippen LogP contribution >= 0.6 is 15.9 Å². The number of rotatable bonds is 4. The third-order valence-electron chi connectivity index (χ3n) is 5.36. The van der Waals surface area contributed by atoms with Gasteiger partial charge in [-0.1, -0.05) is 28.1 Å². The molecule has 8 heteroatoms. The van der Waals surface area contributed by atoms with Gasteiger partial charge in [0.15, 0.2) is 5.76 Å². The molecule has 2 aromatic carbocycles. The summed E-state index contributed by atoms with van der Waals surface area (Å²) in [5.41, 5.74) is 1.87. The molecule has 0 spiro atoms. The molecule has 1 N–H and O–H groups in total. The molecule has 162 valence electrons. The quantitative estimate of drug-likeness (QED) is 0.656. The number of phenolic OH excluding ortho intramolecular Hbond substituents is 1. The average Bonchev–Trinajstić information content (AvgIpc) is 3.08. The van der Waals surface area contributed by atoms with Crippen LogP contribution in [0.1, 0.15) is 28.4 Å². The number of Topliss-reactive ketones (excluding diaryl/α,β-unsaturated/α-hetero) is 1. The van der Waals surface area contributed by atoms with E-state index in [1.165, 1.54) is 6.07 Å². The Morgan fingerprint density at radius 3 is 2.55 bits per heavy atom. The maximum Gasteiger partial charge on any atom is 0.409 e. The molecule has 31 heavy (non-hydrogen) atoms. The number of allylic oxidation sites excluding steroid dienone is 1. The van der Waals surface area contributed by atoms with Gasteiger partial charge in [-0.15, -0.1) is 0 Å².